The minimum Gasteiger partial charge on any atom is -0.351 e. The van der Waals surface area contributed by atoms with E-state index in [9.17, 15) is 31.1 Å². The molecular weight excluding hydrogens is 506 g/mol. The summed E-state index contributed by atoms with van der Waals surface area (Å²) in [5.41, 5.74) is -1.43. The number of nitrogens with zero attached hydrogens (tertiary/aromatic N) is 3. The first-order valence-electron chi connectivity index (χ1n) is 11.6. The van der Waals surface area contributed by atoms with Gasteiger partial charge in [-0.1, -0.05) is 37.3 Å². The average Bonchev–Trinajstić information content (AvgIpc) is 3.43. The third-order valence-electron chi connectivity index (χ3n) is 6.23. The van der Waals surface area contributed by atoms with E-state index < -0.39 is 34.4 Å². The Bertz CT molecular complexity index is 1030. The van der Waals surface area contributed by atoms with Crippen LogP contribution in [0.3, 0.4) is 0 Å². The molecule has 1 aliphatic heterocycles. The number of benzene rings is 1. The maximum atomic E-state index is 13.7. The molecule has 0 radical (unpaired) electrons. The average molecular weight is 537 g/mol. The normalized spacial score (nSPS) is 17.8. The second-order valence-electron chi connectivity index (χ2n) is 9.68. The molecule has 1 aromatic carbocycles. The maximum absolute atomic E-state index is 13.7. The minimum absolute atomic E-state index is 0.0146. The number of nitrogens with one attached hydrogen (secondary N) is 1. The number of rotatable bonds is 8. The molecule has 1 saturated heterocycles. The lowest BCUT2D eigenvalue weighted by molar-refractivity contribution is -0.141. The van der Waals surface area contributed by atoms with E-state index in [2.05, 4.69) is 10.3 Å². The number of aromatic nitrogens is 1. The van der Waals surface area contributed by atoms with Crippen LogP contribution in [0.2, 0.25) is 0 Å². The lowest BCUT2D eigenvalue weighted by atomic mass is 9.89. The predicted molar refractivity (Wildman–Crippen MR) is 127 cm³/mol. The molecule has 2 atom stereocenters. The molecule has 200 valence electrons. The highest BCUT2D eigenvalue weighted by Gasteiger charge is 2.41. The summed E-state index contributed by atoms with van der Waals surface area (Å²) in [4.78, 5) is 19.9. The second-order valence-corrected chi connectivity index (χ2v) is 10.7. The van der Waals surface area contributed by atoms with Crippen LogP contribution >= 0.6 is 11.3 Å². The number of carbonyl (C=O) groups is 1. The van der Waals surface area contributed by atoms with Crippen LogP contribution in [0.5, 0.6) is 0 Å². The van der Waals surface area contributed by atoms with Crippen molar-refractivity contribution in [3.63, 3.8) is 0 Å². The molecule has 3 rings (SSSR count). The van der Waals surface area contributed by atoms with Gasteiger partial charge in [-0.2, -0.15) is 26.3 Å². The fourth-order valence-corrected chi connectivity index (χ4v) is 5.31. The molecule has 0 spiro atoms. The number of alkyl halides is 6. The Labute approximate surface area is 210 Å². The molecule has 0 saturated carbocycles. The number of hydrogen-bond donors (Lipinski definition) is 1. The van der Waals surface area contributed by atoms with Gasteiger partial charge in [0.15, 0.2) is 10.8 Å². The van der Waals surface area contributed by atoms with Gasteiger partial charge in [-0.3, -0.25) is 4.79 Å². The van der Waals surface area contributed by atoms with Gasteiger partial charge in [-0.15, -0.1) is 0 Å². The van der Waals surface area contributed by atoms with E-state index in [0.717, 1.165) is 18.6 Å². The standard InChI is InChI=1S/C24H30F6N4OS/c1-14(2)11-16(15-5-7-17(8-6-15)23(25,26)27)12-31-21(35)19-20(24(28,29)30)32-22(36-19)34-10-9-18(13-34)33(3)4/h5-8,14,16,18H,9-13H2,1-4H3,(H,31,35). The van der Waals surface area contributed by atoms with Crippen molar-refractivity contribution < 1.29 is 31.1 Å². The summed E-state index contributed by atoms with van der Waals surface area (Å²) in [6.45, 7) is 4.89. The van der Waals surface area contributed by atoms with Gasteiger partial charge in [0.25, 0.3) is 5.91 Å². The minimum atomic E-state index is -4.80. The first-order chi connectivity index (χ1) is 16.7. The summed E-state index contributed by atoms with van der Waals surface area (Å²) in [5, 5.41) is 2.72. The molecule has 1 amide bonds. The van der Waals surface area contributed by atoms with Crippen LogP contribution in [0.1, 0.15) is 59.1 Å². The van der Waals surface area contributed by atoms with E-state index in [4.69, 9.17) is 0 Å². The van der Waals surface area contributed by atoms with Gasteiger partial charge in [0.05, 0.1) is 5.56 Å². The fraction of sp³-hybridized carbons (Fsp3) is 0.583. The van der Waals surface area contributed by atoms with Crippen LogP contribution in [0.15, 0.2) is 24.3 Å². The van der Waals surface area contributed by atoms with Crippen LogP contribution in [0.4, 0.5) is 31.5 Å². The van der Waals surface area contributed by atoms with Crippen molar-refractivity contribution in [2.45, 2.75) is 51.0 Å². The van der Waals surface area contributed by atoms with Crippen molar-refractivity contribution in [3.05, 3.63) is 46.0 Å². The zero-order valence-corrected chi connectivity index (χ0v) is 21.3. The largest absolute Gasteiger partial charge is 0.435 e. The molecule has 1 N–H and O–H groups in total. The number of amides is 1. The number of halogens is 6. The van der Waals surface area contributed by atoms with Crippen molar-refractivity contribution in [1.82, 2.24) is 15.2 Å². The number of hydrogen-bond acceptors (Lipinski definition) is 5. The van der Waals surface area contributed by atoms with E-state index in [-0.39, 0.29) is 29.6 Å². The SMILES string of the molecule is CC(C)CC(CNC(=O)c1sc(N2CCC(N(C)C)C2)nc1C(F)(F)F)c1ccc(C(F)(F)F)cc1. The molecule has 1 aliphatic rings. The molecule has 12 heteroatoms. The van der Waals surface area contributed by atoms with Crippen LogP contribution in [0.25, 0.3) is 0 Å². The number of carbonyl (C=O) groups excluding carboxylic acids is 1. The highest BCUT2D eigenvalue weighted by Crippen LogP contribution is 2.38. The zero-order valence-electron chi connectivity index (χ0n) is 20.5. The van der Waals surface area contributed by atoms with E-state index in [1.165, 1.54) is 12.1 Å². The summed E-state index contributed by atoms with van der Waals surface area (Å²) in [7, 11) is 3.81. The molecule has 2 heterocycles. The second kappa shape index (κ2) is 11.0. The monoisotopic (exact) mass is 536 g/mol. The summed E-state index contributed by atoms with van der Waals surface area (Å²) < 4.78 is 80.0. The molecule has 2 unspecified atom stereocenters. The summed E-state index contributed by atoms with van der Waals surface area (Å²) in [5.74, 6) is -1.11. The van der Waals surface area contributed by atoms with E-state index >= 15 is 0 Å². The Balaban J connectivity index is 1.79. The number of thiazole rings is 1. The van der Waals surface area contributed by atoms with Crippen molar-refractivity contribution in [3.8, 4) is 0 Å². The number of likely N-dealkylation sites (N-methyl/N-ethyl adjacent to an activating group) is 1. The van der Waals surface area contributed by atoms with Gasteiger partial charge < -0.3 is 15.1 Å². The Kier molecular flexibility index (Phi) is 8.59. The van der Waals surface area contributed by atoms with Crippen LogP contribution in [-0.2, 0) is 12.4 Å². The first kappa shape index (κ1) is 28.2. The Morgan fingerprint density at radius 2 is 1.78 bits per heavy atom. The highest BCUT2D eigenvalue weighted by atomic mass is 32.1. The molecule has 1 fully saturated rings. The third-order valence-corrected chi connectivity index (χ3v) is 7.34. The van der Waals surface area contributed by atoms with Gasteiger partial charge in [0.2, 0.25) is 0 Å². The lowest BCUT2D eigenvalue weighted by Crippen LogP contribution is -2.31. The fourth-order valence-electron chi connectivity index (χ4n) is 4.27. The molecular formula is C24H30F6N4OS. The topological polar surface area (TPSA) is 48.5 Å². The zero-order chi connectivity index (χ0) is 26.8. The summed E-state index contributed by atoms with van der Waals surface area (Å²) in [6.07, 6.45) is -7.96. The molecule has 36 heavy (non-hydrogen) atoms. The van der Waals surface area contributed by atoms with Crippen molar-refractivity contribution >= 4 is 22.4 Å². The molecule has 0 aliphatic carbocycles. The molecule has 5 nitrogen and oxygen atoms in total. The van der Waals surface area contributed by atoms with Crippen LogP contribution in [-0.4, -0.2) is 55.6 Å². The van der Waals surface area contributed by atoms with Crippen molar-refractivity contribution in [2.75, 3.05) is 38.6 Å². The maximum Gasteiger partial charge on any atom is 0.435 e. The van der Waals surface area contributed by atoms with Gasteiger partial charge in [0, 0.05) is 31.6 Å². The van der Waals surface area contributed by atoms with Crippen LogP contribution < -0.4 is 10.2 Å². The lowest BCUT2D eigenvalue weighted by Gasteiger charge is -2.21. The Morgan fingerprint density at radius 1 is 1.14 bits per heavy atom. The molecule has 1 aromatic heterocycles. The summed E-state index contributed by atoms with van der Waals surface area (Å²) in [6, 6.07) is 4.82. The smallest absolute Gasteiger partial charge is 0.351 e. The van der Waals surface area contributed by atoms with Crippen molar-refractivity contribution in [2.24, 2.45) is 5.92 Å². The Morgan fingerprint density at radius 3 is 2.28 bits per heavy atom. The quantitative estimate of drug-likeness (QED) is 0.428. The van der Waals surface area contributed by atoms with Gasteiger partial charge in [-0.25, -0.2) is 4.98 Å². The molecule has 2 aromatic rings. The summed E-state index contributed by atoms with van der Waals surface area (Å²) >= 11 is 0.711. The van der Waals surface area contributed by atoms with Gasteiger partial charge >= 0.3 is 12.4 Å². The highest BCUT2D eigenvalue weighted by molar-refractivity contribution is 7.17. The van der Waals surface area contributed by atoms with E-state index in [1.54, 1.807) is 4.90 Å². The van der Waals surface area contributed by atoms with E-state index in [1.807, 2.05) is 32.8 Å². The van der Waals surface area contributed by atoms with Gasteiger partial charge in [0.1, 0.15) is 4.88 Å². The van der Waals surface area contributed by atoms with Gasteiger partial charge in [-0.05, 0) is 50.6 Å². The van der Waals surface area contributed by atoms with E-state index in [0.29, 0.717) is 36.4 Å². The predicted octanol–water partition coefficient (Wildman–Crippen LogP) is 5.88. The first-order valence-corrected chi connectivity index (χ1v) is 12.4. The molecule has 0 bridgehead atoms. The van der Waals surface area contributed by atoms with Crippen molar-refractivity contribution in [1.29, 1.82) is 0 Å². The van der Waals surface area contributed by atoms with Crippen LogP contribution in [0, 0.1) is 5.92 Å². The number of anilines is 1. The Hall–Kier alpha value is -2.34. The third kappa shape index (κ3) is 6.90.